The number of ether oxygens (including phenoxy) is 1. The van der Waals surface area contributed by atoms with Crippen LogP contribution in [-0.2, 0) is 4.74 Å². The lowest BCUT2D eigenvalue weighted by atomic mass is 10.2. The van der Waals surface area contributed by atoms with Gasteiger partial charge in [-0.05, 0) is 25.1 Å². The molecule has 1 fully saturated rings. The fraction of sp³-hybridized carbons (Fsp3) is 0.316. The van der Waals surface area contributed by atoms with Gasteiger partial charge in [-0.15, -0.1) is 0 Å². The van der Waals surface area contributed by atoms with Crippen molar-refractivity contribution in [2.24, 2.45) is 0 Å². The maximum absolute atomic E-state index is 12.5. The Morgan fingerprint density at radius 3 is 2.65 bits per heavy atom. The molecule has 1 N–H and O–H groups in total. The minimum Gasteiger partial charge on any atom is -0.450 e. The molecule has 1 aromatic carbocycles. The molecule has 0 saturated carbocycles. The summed E-state index contributed by atoms with van der Waals surface area (Å²) in [6.07, 6.45) is 1.32. The smallest absolute Gasteiger partial charge is 0.409 e. The van der Waals surface area contributed by atoms with Crippen LogP contribution in [0.4, 0.5) is 15.9 Å². The molecule has 31 heavy (non-hydrogen) atoms. The van der Waals surface area contributed by atoms with E-state index in [1.54, 1.807) is 30.2 Å². The van der Waals surface area contributed by atoms with E-state index < -0.39 is 0 Å². The van der Waals surface area contributed by atoms with Gasteiger partial charge in [0.05, 0.1) is 22.8 Å². The lowest BCUT2D eigenvalue weighted by Gasteiger charge is -2.33. The number of carbonyl (C=O) groups is 2. The molecule has 162 valence electrons. The molecule has 0 atom stereocenters. The zero-order valence-electron chi connectivity index (χ0n) is 16.5. The van der Waals surface area contributed by atoms with Crippen molar-refractivity contribution in [1.82, 2.24) is 19.9 Å². The monoisotopic (exact) mass is 480 g/mol. The molecule has 3 aromatic rings. The third-order valence-electron chi connectivity index (χ3n) is 4.63. The highest BCUT2D eigenvalue weighted by atomic mass is 35.5. The van der Waals surface area contributed by atoms with Crippen LogP contribution in [0.5, 0.6) is 0 Å². The van der Waals surface area contributed by atoms with E-state index >= 15 is 0 Å². The molecule has 2 amide bonds. The van der Waals surface area contributed by atoms with Gasteiger partial charge in [0.15, 0.2) is 9.96 Å². The number of hydrogen-bond acceptors (Lipinski definition) is 8. The largest absolute Gasteiger partial charge is 0.450 e. The third kappa shape index (κ3) is 4.81. The molecule has 0 spiro atoms. The number of thiazole rings is 1. The van der Waals surface area contributed by atoms with Gasteiger partial charge >= 0.3 is 6.09 Å². The Morgan fingerprint density at radius 1 is 1.16 bits per heavy atom. The fourth-order valence-electron chi connectivity index (χ4n) is 3.04. The molecule has 0 aliphatic carbocycles. The van der Waals surface area contributed by atoms with Crippen molar-refractivity contribution < 1.29 is 14.3 Å². The number of benzene rings is 1. The number of hydrogen-bond donors (Lipinski definition) is 1. The van der Waals surface area contributed by atoms with Crippen molar-refractivity contribution in [2.45, 2.75) is 6.92 Å². The lowest BCUT2D eigenvalue weighted by Crippen LogP contribution is -2.49. The average molecular weight is 481 g/mol. The highest BCUT2D eigenvalue weighted by molar-refractivity contribution is 7.22. The SMILES string of the molecule is CCOC(=O)N1CCN(c2ncc3nc(NC(=O)c4ccc(Cl)c(Cl)c4)sc3n2)CC1. The molecular formula is C19H18Cl2N6O3S. The quantitative estimate of drug-likeness (QED) is 0.603. The number of piperazine rings is 1. The zero-order chi connectivity index (χ0) is 22.0. The second-order valence-electron chi connectivity index (χ2n) is 6.64. The van der Waals surface area contributed by atoms with Crippen LogP contribution in [0.2, 0.25) is 10.0 Å². The lowest BCUT2D eigenvalue weighted by molar-refractivity contribution is 0.102. The first kappa shape index (κ1) is 21.5. The van der Waals surface area contributed by atoms with E-state index in [-0.39, 0.29) is 12.0 Å². The van der Waals surface area contributed by atoms with Gasteiger partial charge < -0.3 is 14.5 Å². The van der Waals surface area contributed by atoms with Gasteiger partial charge in [-0.3, -0.25) is 10.1 Å². The Hall–Kier alpha value is -2.69. The van der Waals surface area contributed by atoms with Gasteiger partial charge in [-0.1, -0.05) is 34.5 Å². The number of anilines is 2. The number of nitrogens with one attached hydrogen (secondary N) is 1. The first-order valence-electron chi connectivity index (χ1n) is 9.51. The Morgan fingerprint density at radius 2 is 1.94 bits per heavy atom. The number of nitrogens with zero attached hydrogens (tertiary/aromatic N) is 5. The molecule has 0 bridgehead atoms. The number of rotatable bonds is 4. The van der Waals surface area contributed by atoms with Crippen molar-refractivity contribution in [3.8, 4) is 0 Å². The van der Waals surface area contributed by atoms with Gasteiger partial charge in [-0.25, -0.2) is 14.8 Å². The van der Waals surface area contributed by atoms with E-state index in [9.17, 15) is 9.59 Å². The minimum absolute atomic E-state index is 0.302. The molecule has 12 heteroatoms. The summed E-state index contributed by atoms with van der Waals surface area (Å²) in [6, 6.07) is 4.65. The van der Waals surface area contributed by atoms with Crippen LogP contribution in [0, 0.1) is 0 Å². The van der Waals surface area contributed by atoms with E-state index in [1.807, 2.05) is 4.90 Å². The highest BCUT2D eigenvalue weighted by Crippen LogP contribution is 2.27. The van der Waals surface area contributed by atoms with Crippen LogP contribution in [0.15, 0.2) is 24.4 Å². The molecule has 1 aliphatic heterocycles. The molecule has 1 aliphatic rings. The summed E-state index contributed by atoms with van der Waals surface area (Å²) in [5.74, 6) is 0.211. The normalized spacial score (nSPS) is 14.0. The van der Waals surface area contributed by atoms with Crippen LogP contribution in [0.1, 0.15) is 17.3 Å². The summed E-state index contributed by atoms with van der Waals surface area (Å²) in [4.78, 5) is 42.0. The maximum Gasteiger partial charge on any atom is 0.409 e. The van der Waals surface area contributed by atoms with E-state index in [4.69, 9.17) is 27.9 Å². The van der Waals surface area contributed by atoms with Crippen LogP contribution in [0.3, 0.4) is 0 Å². The molecule has 4 rings (SSSR count). The van der Waals surface area contributed by atoms with Crippen LogP contribution >= 0.6 is 34.5 Å². The summed E-state index contributed by atoms with van der Waals surface area (Å²) in [5, 5.41) is 3.84. The molecule has 9 nitrogen and oxygen atoms in total. The van der Waals surface area contributed by atoms with E-state index in [0.717, 1.165) is 0 Å². The summed E-state index contributed by atoms with van der Waals surface area (Å²) < 4.78 is 5.04. The van der Waals surface area contributed by atoms with Gasteiger partial charge in [-0.2, -0.15) is 4.98 Å². The number of aromatic nitrogens is 3. The summed E-state index contributed by atoms with van der Waals surface area (Å²) >= 11 is 13.1. The van der Waals surface area contributed by atoms with E-state index in [2.05, 4.69) is 20.3 Å². The van der Waals surface area contributed by atoms with E-state index in [0.29, 0.717) is 69.8 Å². The predicted molar refractivity (Wildman–Crippen MR) is 120 cm³/mol. The Balaban J connectivity index is 1.44. The van der Waals surface area contributed by atoms with Gasteiger partial charge in [0.2, 0.25) is 5.95 Å². The first-order valence-corrected chi connectivity index (χ1v) is 11.1. The second-order valence-corrected chi connectivity index (χ2v) is 8.43. The van der Waals surface area contributed by atoms with Crippen LogP contribution < -0.4 is 10.2 Å². The molecule has 0 radical (unpaired) electrons. The topological polar surface area (TPSA) is 101 Å². The number of amides is 2. The highest BCUT2D eigenvalue weighted by Gasteiger charge is 2.24. The third-order valence-corrected chi connectivity index (χ3v) is 6.25. The molecule has 0 unspecified atom stereocenters. The maximum atomic E-state index is 12.5. The molecule has 1 saturated heterocycles. The van der Waals surface area contributed by atoms with Gasteiger partial charge in [0.25, 0.3) is 5.91 Å². The summed E-state index contributed by atoms with van der Waals surface area (Å²) in [7, 11) is 0. The Labute approximate surface area is 191 Å². The Bertz CT molecular complexity index is 1130. The van der Waals surface area contributed by atoms with Crippen molar-refractivity contribution in [2.75, 3.05) is 43.0 Å². The summed E-state index contributed by atoms with van der Waals surface area (Å²) in [6.45, 7) is 4.41. The Kier molecular flexibility index (Phi) is 6.40. The fourth-order valence-corrected chi connectivity index (χ4v) is 4.14. The number of fused-ring (bicyclic) bond motifs is 1. The number of carbonyl (C=O) groups excluding carboxylic acids is 2. The molecule has 2 aromatic heterocycles. The van der Waals surface area contributed by atoms with Crippen molar-refractivity contribution in [3.05, 3.63) is 40.0 Å². The predicted octanol–water partition coefficient (Wildman–Crippen LogP) is 3.92. The van der Waals surface area contributed by atoms with Crippen molar-refractivity contribution >= 4 is 68.0 Å². The van der Waals surface area contributed by atoms with Crippen LogP contribution in [0.25, 0.3) is 10.3 Å². The molecule has 3 heterocycles. The van der Waals surface area contributed by atoms with Gasteiger partial charge in [0, 0.05) is 31.7 Å². The van der Waals surface area contributed by atoms with Gasteiger partial charge in [0.1, 0.15) is 5.52 Å². The standard InChI is InChI=1S/C19H18Cl2N6O3S/c1-2-30-19(29)27-7-5-26(6-8-27)17-22-10-14-16(25-17)31-18(23-14)24-15(28)11-3-4-12(20)13(21)9-11/h3-4,9-10H,2,5-8H2,1H3,(H,23,24,28). The second kappa shape index (κ2) is 9.21. The van der Waals surface area contributed by atoms with Crippen LogP contribution in [-0.4, -0.2) is 64.6 Å². The first-order chi connectivity index (χ1) is 14.9. The molecular weight excluding hydrogens is 463 g/mol. The van der Waals surface area contributed by atoms with E-state index in [1.165, 1.54) is 17.4 Å². The zero-order valence-corrected chi connectivity index (χ0v) is 18.8. The van der Waals surface area contributed by atoms with Crippen molar-refractivity contribution in [3.63, 3.8) is 0 Å². The summed E-state index contributed by atoms with van der Waals surface area (Å²) in [5.41, 5.74) is 0.961. The average Bonchev–Trinajstić information content (AvgIpc) is 3.17. The minimum atomic E-state index is -0.346. The number of halogens is 2. The van der Waals surface area contributed by atoms with Crippen molar-refractivity contribution in [1.29, 1.82) is 0 Å².